The minimum absolute atomic E-state index is 0.344. The van der Waals surface area contributed by atoms with Crippen molar-refractivity contribution in [2.24, 2.45) is 0 Å². The summed E-state index contributed by atoms with van der Waals surface area (Å²) in [6.07, 6.45) is 7.98. The molecule has 0 amide bonds. The highest BCUT2D eigenvalue weighted by Crippen LogP contribution is 2.36. The first kappa shape index (κ1) is 14.9. The fraction of sp³-hybridized carbons (Fsp3) is 0.846. The smallest absolute Gasteiger partial charge is 0.191 e. The lowest BCUT2D eigenvalue weighted by atomic mass is 10.2. The highest BCUT2D eigenvalue weighted by Gasteiger charge is 2.36. The third-order valence-corrected chi connectivity index (χ3v) is 7.81. The Balaban J connectivity index is 3.67. The molecule has 0 heterocycles. The largest absolute Gasteiger partial charge is 0.417 e. The number of rotatable bonds is 6. The van der Waals surface area contributed by atoms with Gasteiger partial charge in [0.25, 0.3) is 0 Å². The van der Waals surface area contributed by atoms with Gasteiger partial charge in [-0.25, -0.2) is 0 Å². The number of unbranched alkanes of at least 4 members (excludes halogenated alkanes) is 2. The third-order valence-electron chi connectivity index (χ3n) is 3.27. The average Bonchev–Trinajstić information content (AvgIpc) is 2.09. The summed E-state index contributed by atoms with van der Waals surface area (Å²) in [4.78, 5) is 0. The van der Waals surface area contributed by atoms with E-state index in [9.17, 15) is 0 Å². The van der Waals surface area contributed by atoms with E-state index in [1.54, 1.807) is 0 Å². The van der Waals surface area contributed by atoms with E-state index in [1.165, 1.54) is 19.3 Å². The normalized spacial score (nSPS) is 13.7. The molecule has 0 aliphatic heterocycles. The van der Waals surface area contributed by atoms with Gasteiger partial charge < -0.3 is 4.43 Å². The summed E-state index contributed by atoms with van der Waals surface area (Å²) < 4.78 is 6.09. The molecule has 90 valence electrons. The Hall–Kier alpha value is -0.0831. The molecule has 0 fully saturated rings. The van der Waals surface area contributed by atoms with Crippen LogP contribution in [0.15, 0.2) is 12.2 Å². The van der Waals surface area contributed by atoms with E-state index in [4.69, 9.17) is 4.43 Å². The van der Waals surface area contributed by atoms with Crippen LogP contribution in [0.3, 0.4) is 0 Å². The molecule has 0 aromatic rings. The Morgan fingerprint density at radius 2 is 1.73 bits per heavy atom. The predicted molar refractivity (Wildman–Crippen MR) is 71.8 cm³/mol. The highest BCUT2D eigenvalue weighted by molar-refractivity contribution is 6.74. The van der Waals surface area contributed by atoms with Crippen molar-refractivity contribution in [1.29, 1.82) is 0 Å². The van der Waals surface area contributed by atoms with Crippen LogP contribution in [0, 0.1) is 0 Å². The van der Waals surface area contributed by atoms with Crippen molar-refractivity contribution in [2.75, 3.05) is 6.61 Å². The van der Waals surface area contributed by atoms with E-state index >= 15 is 0 Å². The third kappa shape index (κ3) is 6.16. The molecule has 0 atom stereocenters. The van der Waals surface area contributed by atoms with Crippen LogP contribution in [-0.2, 0) is 4.43 Å². The Labute approximate surface area is 97.0 Å². The molecule has 15 heavy (non-hydrogen) atoms. The zero-order chi connectivity index (χ0) is 11.9. The van der Waals surface area contributed by atoms with Gasteiger partial charge >= 0.3 is 0 Å². The lowest BCUT2D eigenvalue weighted by Crippen LogP contribution is -2.40. The monoisotopic (exact) mass is 228 g/mol. The summed E-state index contributed by atoms with van der Waals surface area (Å²) >= 11 is 0. The van der Waals surface area contributed by atoms with Gasteiger partial charge in [0.2, 0.25) is 0 Å². The molecular formula is C13H28OSi. The SMILES string of the molecule is C/C=C/CCCCO[Si](C)(C)C(C)(C)C. The second-order valence-corrected chi connectivity index (χ2v) is 10.5. The van der Waals surface area contributed by atoms with Crippen LogP contribution >= 0.6 is 0 Å². The van der Waals surface area contributed by atoms with Crippen molar-refractivity contribution in [2.45, 2.75) is 65.1 Å². The molecule has 0 rings (SSSR count). The molecule has 0 aliphatic rings. The van der Waals surface area contributed by atoms with Gasteiger partial charge in [-0.2, -0.15) is 0 Å². The second-order valence-electron chi connectivity index (χ2n) is 5.67. The predicted octanol–water partition coefficient (Wildman–Crippen LogP) is 4.75. The molecule has 0 aromatic heterocycles. The van der Waals surface area contributed by atoms with Crippen molar-refractivity contribution >= 4 is 8.32 Å². The van der Waals surface area contributed by atoms with Gasteiger partial charge in [-0.1, -0.05) is 32.9 Å². The summed E-state index contributed by atoms with van der Waals surface area (Å²) in [7, 11) is -1.49. The minimum atomic E-state index is -1.49. The van der Waals surface area contributed by atoms with Gasteiger partial charge in [-0.05, 0) is 44.3 Å². The number of hydrogen-bond donors (Lipinski definition) is 0. The molecule has 0 radical (unpaired) electrons. The molecule has 0 spiro atoms. The Kier molecular flexibility index (Phi) is 6.45. The van der Waals surface area contributed by atoms with Crippen LogP contribution in [0.5, 0.6) is 0 Å². The van der Waals surface area contributed by atoms with Crippen molar-refractivity contribution in [3.05, 3.63) is 12.2 Å². The molecule has 0 saturated carbocycles. The van der Waals surface area contributed by atoms with E-state index < -0.39 is 8.32 Å². The maximum absolute atomic E-state index is 6.09. The van der Waals surface area contributed by atoms with Gasteiger partial charge in [0.15, 0.2) is 8.32 Å². The van der Waals surface area contributed by atoms with Crippen molar-refractivity contribution in [3.63, 3.8) is 0 Å². The van der Waals surface area contributed by atoms with Crippen molar-refractivity contribution < 1.29 is 4.43 Å². The van der Waals surface area contributed by atoms with Gasteiger partial charge in [0.05, 0.1) is 0 Å². The molecule has 0 aliphatic carbocycles. The quantitative estimate of drug-likeness (QED) is 0.362. The maximum Gasteiger partial charge on any atom is 0.191 e. The van der Waals surface area contributed by atoms with Crippen LogP contribution < -0.4 is 0 Å². The zero-order valence-electron chi connectivity index (χ0n) is 11.4. The first-order valence-electron chi connectivity index (χ1n) is 6.06. The van der Waals surface area contributed by atoms with Gasteiger partial charge in [0.1, 0.15) is 0 Å². The summed E-state index contributed by atoms with van der Waals surface area (Å²) in [5.74, 6) is 0. The Morgan fingerprint density at radius 1 is 1.13 bits per heavy atom. The Morgan fingerprint density at radius 3 is 2.20 bits per heavy atom. The zero-order valence-corrected chi connectivity index (χ0v) is 12.4. The molecule has 1 nitrogen and oxygen atoms in total. The maximum atomic E-state index is 6.09. The molecule has 0 bridgehead atoms. The fourth-order valence-corrected chi connectivity index (χ4v) is 2.16. The topological polar surface area (TPSA) is 9.23 Å². The Bertz CT molecular complexity index is 189. The number of allylic oxidation sites excluding steroid dienone is 2. The van der Waals surface area contributed by atoms with E-state index in [2.05, 4.69) is 52.9 Å². The van der Waals surface area contributed by atoms with Crippen molar-refractivity contribution in [1.82, 2.24) is 0 Å². The highest BCUT2D eigenvalue weighted by atomic mass is 28.4. The first-order valence-corrected chi connectivity index (χ1v) is 8.97. The van der Waals surface area contributed by atoms with Gasteiger partial charge in [0, 0.05) is 6.61 Å². The van der Waals surface area contributed by atoms with E-state index in [0.717, 1.165) is 6.61 Å². The molecule has 0 unspecified atom stereocenters. The molecule has 0 saturated heterocycles. The molecular weight excluding hydrogens is 200 g/mol. The van der Waals surface area contributed by atoms with Crippen LogP contribution in [0.4, 0.5) is 0 Å². The van der Waals surface area contributed by atoms with E-state index in [-0.39, 0.29) is 0 Å². The molecule has 2 heteroatoms. The van der Waals surface area contributed by atoms with Crippen LogP contribution in [-0.4, -0.2) is 14.9 Å². The van der Waals surface area contributed by atoms with Crippen LogP contribution in [0.2, 0.25) is 18.1 Å². The van der Waals surface area contributed by atoms with E-state index in [0.29, 0.717) is 5.04 Å². The first-order chi connectivity index (χ1) is 6.81. The van der Waals surface area contributed by atoms with Gasteiger partial charge in [-0.3, -0.25) is 0 Å². The molecule has 0 N–H and O–H groups in total. The minimum Gasteiger partial charge on any atom is -0.417 e. The number of hydrogen-bond acceptors (Lipinski definition) is 1. The summed E-state index contributed by atoms with van der Waals surface area (Å²) in [5, 5.41) is 0.344. The fourth-order valence-electron chi connectivity index (χ4n) is 1.07. The summed E-state index contributed by atoms with van der Waals surface area (Å²) in [6, 6.07) is 0. The van der Waals surface area contributed by atoms with E-state index in [1.807, 2.05) is 0 Å². The second kappa shape index (κ2) is 6.49. The van der Waals surface area contributed by atoms with Crippen LogP contribution in [0.25, 0.3) is 0 Å². The summed E-state index contributed by atoms with van der Waals surface area (Å²) in [6.45, 7) is 14.5. The van der Waals surface area contributed by atoms with Gasteiger partial charge in [-0.15, -0.1) is 0 Å². The average molecular weight is 228 g/mol. The van der Waals surface area contributed by atoms with Crippen LogP contribution in [0.1, 0.15) is 47.0 Å². The lowest BCUT2D eigenvalue weighted by molar-refractivity contribution is 0.279. The molecule has 0 aromatic carbocycles. The standard InChI is InChI=1S/C13H28OSi/c1-7-8-9-10-11-12-14-15(5,6)13(2,3)4/h7-8H,9-12H2,1-6H3/b8-7+. The summed E-state index contributed by atoms with van der Waals surface area (Å²) in [5.41, 5.74) is 0. The van der Waals surface area contributed by atoms with Crippen molar-refractivity contribution in [3.8, 4) is 0 Å². The lowest BCUT2D eigenvalue weighted by Gasteiger charge is -2.36.